The predicted octanol–water partition coefficient (Wildman–Crippen LogP) is 2.94. The second-order valence-corrected chi connectivity index (χ2v) is 6.08. The Morgan fingerprint density at radius 1 is 1.20 bits per heavy atom. The van der Waals surface area contributed by atoms with Gasteiger partial charge in [0, 0.05) is 10.2 Å². The Hall–Kier alpha value is -1.44. The normalized spacial score (nSPS) is 12.7. The van der Waals surface area contributed by atoms with Crippen molar-refractivity contribution in [1.82, 2.24) is 19.9 Å². The van der Waals surface area contributed by atoms with Crippen LogP contribution in [0.15, 0.2) is 46.4 Å². The number of thioether (sulfide) groups is 1. The van der Waals surface area contributed by atoms with Crippen molar-refractivity contribution in [2.45, 2.75) is 11.1 Å². The minimum atomic E-state index is -0.541. The molecule has 1 aromatic carbocycles. The van der Waals surface area contributed by atoms with Gasteiger partial charge in [-0.05, 0) is 17.7 Å². The molecule has 0 amide bonds. The van der Waals surface area contributed by atoms with Gasteiger partial charge in [0.2, 0.25) is 0 Å². The number of rotatable bonds is 4. The highest BCUT2D eigenvalue weighted by molar-refractivity contribution is 9.10. The van der Waals surface area contributed by atoms with E-state index in [1.807, 2.05) is 24.3 Å². The molecule has 1 atom stereocenters. The van der Waals surface area contributed by atoms with Gasteiger partial charge in [0.1, 0.15) is 16.9 Å². The summed E-state index contributed by atoms with van der Waals surface area (Å²) >= 11 is 4.86. The Kier molecular flexibility index (Phi) is 4.00. The Balaban J connectivity index is 1.73. The summed E-state index contributed by atoms with van der Waals surface area (Å²) in [6, 6.07) is 7.64. The maximum atomic E-state index is 10.2. The standard InChI is InChI=1S/C13H11BrN4OS/c14-9-3-1-8(2-4-9)10(19)5-20-13-11-12(16-6-15-11)17-7-18-13/h1-4,6-7,10,19H,5H2,(H,15,16,17,18)/t10-/m0/s1. The van der Waals surface area contributed by atoms with Crippen LogP contribution in [0.2, 0.25) is 0 Å². The molecule has 3 aromatic rings. The number of fused-ring (bicyclic) bond motifs is 1. The molecule has 0 saturated carbocycles. The van der Waals surface area contributed by atoms with Crippen molar-refractivity contribution in [3.63, 3.8) is 0 Å². The van der Waals surface area contributed by atoms with Gasteiger partial charge in [0.25, 0.3) is 0 Å². The Bertz CT molecular complexity index is 716. The van der Waals surface area contributed by atoms with Crippen LogP contribution in [0, 0.1) is 0 Å². The first kappa shape index (κ1) is 13.5. The highest BCUT2D eigenvalue weighted by Gasteiger charge is 2.11. The van der Waals surface area contributed by atoms with Crippen molar-refractivity contribution in [1.29, 1.82) is 0 Å². The van der Waals surface area contributed by atoms with E-state index in [-0.39, 0.29) is 0 Å². The van der Waals surface area contributed by atoms with E-state index in [4.69, 9.17) is 0 Å². The molecule has 0 aliphatic carbocycles. The number of imidazole rings is 1. The van der Waals surface area contributed by atoms with Crippen LogP contribution in [0.5, 0.6) is 0 Å². The number of H-pyrrole nitrogens is 1. The molecule has 0 spiro atoms. The van der Waals surface area contributed by atoms with Crippen molar-refractivity contribution in [3.05, 3.63) is 47.0 Å². The molecular formula is C13H11BrN4OS. The fraction of sp³-hybridized carbons (Fsp3) is 0.154. The van der Waals surface area contributed by atoms with Gasteiger partial charge in [-0.3, -0.25) is 0 Å². The van der Waals surface area contributed by atoms with Gasteiger partial charge in [0.15, 0.2) is 5.65 Å². The SMILES string of the molecule is O[C@@H](CSc1ncnc2nc[nH]c12)c1ccc(Br)cc1. The summed E-state index contributed by atoms with van der Waals surface area (Å²) in [6.45, 7) is 0. The van der Waals surface area contributed by atoms with E-state index in [0.717, 1.165) is 20.6 Å². The quantitative estimate of drug-likeness (QED) is 0.558. The molecule has 0 saturated heterocycles. The maximum absolute atomic E-state index is 10.2. The summed E-state index contributed by atoms with van der Waals surface area (Å²) in [6.07, 6.45) is 2.53. The molecule has 7 heteroatoms. The zero-order chi connectivity index (χ0) is 13.9. The number of benzene rings is 1. The van der Waals surface area contributed by atoms with Gasteiger partial charge in [0.05, 0.1) is 12.4 Å². The van der Waals surface area contributed by atoms with Gasteiger partial charge in [-0.2, -0.15) is 0 Å². The molecule has 2 aromatic heterocycles. The lowest BCUT2D eigenvalue weighted by Gasteiger charge is -2.10. The molecule has 0 fully saturated rings. The number of aromatic nitrogens is 4. The zero-order valence-electron chi connectivity index (χ0n) is 10.3. The molecule has 3 rings (SSSR count). The van der Waals surface area contributed by atoms with E-state index in [2.05, 4.69) is 35.9 Å². The number of aliphatic hydroxyl groups excluding tert-OH is 1. The molecule has 102 valence electrons. The molecule has 0 radical (unpaired) electrons. The minimum absolute atomic E-state index is 0.521. The Morgan fingerprint density at radius 2 is 2.00 bits per heavy atom. The number of aromatic amines is 1. The van der Waals surface area contributed by atoms with Crippen LogP contribution in [0.3, 0.4) is 0 Å². The van der Waals surface area contributed by atoms with Crippen LogP contribution in [-0.4, -0.2) is 30.8 Å². The lowest BCUT2D eigenvalue weighted by atomic mass is 10.1. The van der Waals surface area contributed by atoms with Crippen LogP contribution < -0.4 is 0 Å². The van der Waals surface area contributed by atoms with Crippen molar-refractivity contribution < 1.29 is 5.11 Å². The van der Waals surface area contributed by atoms with Gasteiger partial charge >= 0.3 is 0 Å². The number of hydrogen-bond acceptors (Lipinski definition) is 5. The van der Waals surface area contributed by atoms with E-state index >= 15 is 0 Å². The first-order valence-electron chi connectivity index (χ1n) is 5.94. The van der Waals surface area contributed by atoms with E-state index < -0.39 is 6.10 Å². The van der Waals surface area contributed by atoms with E-state index in [0.29, 0.717) is 11.4 Å². The fourth-order valence-electron chi connectivity index (χ4n) is 1.79. The molecule has 0 aliphatic heterocycles. The third-order valence-electron chi connectivity index (χ3n) is 2.82. The topological polar surface area (TPSA) is 74.7 Å². The van der Waals surface area contributed by atoms with Crippen molar-refractivity contribution in [2.75, 3.05) is 5.75 Å². The predicted molar refractivity (Wildman–Crippen MR) is 81.5 cm³/mol. The van der Waals surface area contributed by atoms with Gasteiger partial charge in [-0.1, -0.05) is 28.1 Å². The monoisotopic (exact) mass is 350 g/mol. The van der Waals surface area contributed by atoms with E-state index in [9.17, 15) is 5.11 Å². The highest BCUT2D eigenvalue weighted by atomic mass is 79.9. The number of nitrogens with zero attached hydrogens (tertiary/aromatic N) is 3. The first-order chi connectivity index (χ1) is 9.74. The van der Waals surface area contributed by atoms with Crippen molar-refractivity contribution >= 4 is 38.9 Å². The summed E-state index contributed by atoms with van der Waals surface area (Å²) in [7, 11) is 0. The van der Waals surface area contributed by atoms with Crippen LogP contribution in [0.25, 0.3) is 11.2 Å². The third-order valence-corrected chi connectivity index (χ3v) is 4.41. The van der Waals surface area contributed by atoms with Gasteiger partial charge < -0.3 is 10.1 Å². The van der Waals surface area contributed by atoms with Gasteiger partial charge in [-0.15, -0.1) is 11.8 Å². The van der Waals surface area contributed by atoms with Crippen LogP contribution in [0.1, 0.15) is 11.7 Å². The van der Waals surface area contributed by atoms with E-state index in [1.54, 1.807) is 6.33 Å². The summed E-state index contributed by atoms with van der Waals surface area (Å²) in [5, 5.41) is 11.0. The lowest BCUT2D eigenvalue weighted by Crippen LogP contribution is -2.01. The molecule has 20 heavy (non-hydrogen) atoms. The summed E-state index contributed by atoms with van der Waals surface area (Å²) in [5.74, 6) is 0.521. The molecule has 5 nitrogen and oxygen atoms in total. The number of aliphatic hydroxyl groups is 1. The molecule has 0 aliphatic rings. The highest BCUT2D eigenvalue weighted by Crippen LogP contribution is 2.27. The summed E-state index contributed by atoms with van der Waals surface area (Å²) in [4.78, 5) is 15.4. The van der Waals surface area contributed by atoms with Crippen LogP contribution in [0.4, 0.5) is 0 Å². The smallest absolute Gasteiger partial charge is 0.181 e. The van der Waals surface area contributed by atoms with Crippen LogP contribution >= 0.6 is 27.7 Å². The van der Waals surface area contributed by atoms with Gasteiger partial charge in [-0.25, -0.2) is 15.0 Å². The summed E-state index contributed by atoms with van der Waals surface area (Å²) in [5.41, 5.74) is 2.33. The second kappa shape index (κ2) is 5.90. The summed E-state index contributed by atoms with van der Waals surface area (Å²) < 4.78 is 0.996. The van der Waals surface area contributed by atoms with Crippen LogP contribution in [-0.2, 0) is 0 Å². The third kappa shape index (κ3) is 2.84. The number of nitrogens with one attached hydrogen (secondary N) is 1. The molecular weight excluding hydrogens is 340 g/mol. The average Bonchev–Trinajstić information content (AvgIpc) is 2.94. The molecule has 0 bridgehead atoms. The maximum Gasteiger partial charge on any atom is 0.181 e. The average molecular weight is 351 g/mol. The minimum Gasteiger partial charge on any atom is -0.388 e. The number of hydrogen-bond donors (Lipinski definition) is 2. The first-order valence-corrected chi connectivity index (χ1v) is 7.72. The van der Waals surface area contributed by atoms with Crippen molar-refractivity contribution in [2.24, 2.45) is 0 Å². The molecule has 2 heterocycles. The lowest BCUT2D eigenvalue weighted by molar-refractivity contribution is 0.204. The number of halogens is 1. The Morgan fingerprint density at radius 3 is 2.80 bits per heavy atom. The Labute approximate surface area is 128 Å². The van der Waals surface area contributed by atoms with Crippen molar-refractivity contribution in [3.8, 4) is 0 Å². The fourth-order valence-corrected chi connectivity index (χ4v) is 2.98. The largest absolute Gasteiger partial charge is 0.388 e. The molecule has 0 unspecified atom stereocenters. The van der Waals surface area contributed by atoms with E-state index in [1.165, 1.54) is 18.1 Å². The second-order valence-electron chi connectivity index (χ2n) is 4.16. The molecule has 2 N–H and O–H groups in total. The zero-order valence-corrected chi connectivity index (χ0v) is 12.7.